The van der Waals surface area contributed by atoms with Crippen molar-refractivity contribution in [2.75, 3.05) is 5.32 Å². The molecule has 2 aliphatic rings. The first-order chi connectivity index (χ1) is 17.8. The summed E-state index contributed by atoms with van der Waals surface area (Å²) in [5, 5.41) is 12.3. The zero-order valence-electron chi connectivity index (χ0n) is 19.9. The van der Waals surface area contributed by atoms with Gasteiger partial charge in [-0.05, 0) is 38.0 Å². The Kier molecular flexibility index (Phi) is 7.65. The normalized spacial score (nSPS) is 21.4. The number of rotatable bonds is 6. The van der Waals surface area contributed by atoms with Crippen LogP contribution >= 0.6 is 11.6 Å². The largest absolute Gasteiger partial charge is 0.474 e. The highest BCUT2D eigenvalue weighted by atomic mass is 35.5. The van der Waals surface area contributed by atoms with E-state index in [2.05, 4.69) is 15.3 Å². The average molecular weight is 562 g/mol. The van der Waals surface area contributed by atoms with Gasteiger partial charge in [0.05, 0.1) is 27.9 Å². The third-order valence-electron chi connectivity index (χ3n) is 6.81. The van der Waals surface area contributed by atoms with E-state index in [4.69, 9.17) is 21.6 Å². The van der Waals surface area contributed by atoms with Crippen LogP contribution in [0.2, 0.25) is 5.02 Å². The molecule has 1 aromatic heterocycles. The minimum Gasteiger partial charge on any atom is -0.474 e. The molecule has 2 unspecified atom stereocenters. The SMILES string of the molecule is Cc1c(Nc2ccc(C#N)cc2Cl)ncnc1OC1CC2CCC(C1)N2C(=O)CC(C(F)(F)F)C(F)(F)F. The van der Waals surface area contributed by atoms with Crippen molar-refractivity contribution in [1.82, 2.24) is 14.9 Å². The number of aromatic nitrogens is 2. The van der Waals surface area contributed by atoms with Crippen molar-refractivity contribution >= 4 is 29.0 Å². The Morgan fingerprint density at radius 2 is 1.82 bits per heavy atom. The molecule has 2 saturated heterocycles. The smallest absolute Gasteiger partial charge is 0.400 e. The minimum absolute atomic E-state index is 0.241. The second kappa shape index (κ2) is 10.5. The Bertz CT molecular complexity index is 1220. The number of halogens is 7. The van der Waals surface area contributed by atoms with Gasteiger partial charge in [0.2, 0.25) is 11.8 Å². The van der Waals surface area contributed by atoms with E-state index in [1.165, 1.54) is 17.3 Å². The van der Waals surface area contributed by atoms with E-state index < -0.39 is 48.8 Å². The zero-order valence-corrected chi connectivity index (χ0v) is 20.7. The summed E-state index contributed by atoms with van der Waals surface area (Å²) in [5.41, 5.74) is 1.42. The molecule has 2 fully saturated rings. The fourth-order valence-corrected chi connectivity index (χ4v) is 5.21. The highest BCUT2D eigenvalue weighted by Crippen LogP contribution is 2.44. The van der Waals surface area contributed by atoms with Crippen LogP contribution in [0.1, 0.15) is 43.2 Å². The summed E-state index contributed by atoms with van der Waals surface area (Å²) in [6.07, 6.45) is -10.5. The van der Waals surface area contributed by atoms with Crippen LogP contribution in [0.25, 0.3) is 0 Å². The van der Waals surface area contributed by atoms with E-state index in [-0.39, 0.29) is 18.7 Å². The van der Waals surface area contributed by atoms with Gasteiger partial charge in [-0.3, -0.25) is 4.79 Å². The van der Waals surface area contributed by atoms with Crippen LogP contribution in [0.5, 0.6) is 5.88 Å². The number of carbonyl (C=O) groups is 1. The van der Waals surface area contributed by atoms with Crippen LogP contribution < -0.4 is 10.1 Å². The molecule has 204 valence electrons. The predicted octanol–water partition coefficient (Wildman–Crippen LogP) is 6.09. The third-order valence-corrected chi connectivity index (χ3v) is 7.13. The molecule has 0 spiro atoms. The monoisotopic (exact) mass is 561 g/mol. The molecule has 3 heterocycles. The average Bonchev–Trinajstić information content (AvgIpc) is 3.10. The lowest BCUT2D eigenvalue weighted by Gasteiger charge is -2.39. The van der Waals surface area contributed by atoms with Crippen LogP contribution in [0.15, 0.2) is 24.5 Å². The van der Waals surface area contributed by atoms with E-state index in [1.807, 2.05) is 6.07 Å². The maximum atomic E-state index is 13.0. The number of carbonyl (C=O) groups excluding carboxylic acids is 1. The van der Waals surface area contributed by atoms with Crippen LogP contribution in [0.4, 0.5) is 37.8 Å². The van der Waals surface area contributed by atoms with Crippen LogP contribution in [0, 0.1) is 24.2 Å². The van der Waals surface area contributed by atoms with Gasteiger partial charge < -0.3 is 15.0 Å². The molecular formula is C24H22ClF6N5O2. The van der Waals surface area contributed by atoms with Gasteiger partial charge in [0.1, 0.15) is 18.2 Å². The number of benzene rings is 1. The summed E-state index contributed by atoms with van der Waals surface area (Å²) in [6.45, 7) is 1.71. The molecule has 1 amide bonds. The van der Waals surface area contributed by atoms with Crippen molar-refractivity contribution in [2.45, 2.75) is 69.6 Å². The van der Waals surface area contributed by atoms with Crippen molar-refractivity contribution in [3.05, 3.63) is 40.7 Å². The molecule has 7 nitrogen and oxygen atoms in total. The quantitative estimate of drug-likeness (QED) is 0.430. The molecule has 2 aliphatic heterocycles. The number of piperidine rings is 1. The molecule has 1 aromatic carbocycles. The van der Waals surface area contributed by atoms with E-state index >= 15 is 0 Å². The summed E-state index contributed by atoms with van der Waals surface area (Å²) in [7, 11) is 0. The van der Waals surface area contributed by atoms with Crippen LogP contribution in [0.3, 0.4) is 0 Å². The van der Waals surface area contributed by atoms with Gasteiger partial charge in [-0.15, -0.1) is 0 Å². The van der Waals surface area contributed by atoms with E-state index in [1.54, 1.807) is 19.1 Å². The summed E-state index contributed by atoms with van der Waals surface area (Å²) in [4.78, 5) is 22.1. The molecule has 0 saturated carbocycles. The second-order valence-corrected chi connectivity index (χ2v) is 9.73. The Balaban J connectivity index is 1.44. The topological polar surface area (TPSA) is 91.1 Å². The molecule has 14 heteroatoms. The van der Waals surface area contributed by atoms with Gasteiger partial charge in [-0.25, -0.2) is 9.97 Å². The van der Waals surface area contributed by atoms with Crippen molar-refractivity contribution in [3.63, 3.8) is 0 Å². The Morgan fingerprint density at radius 3 is 2.37 bits per heavy atom. The fourth-order valence-electron chi connectivity index (χ4n) is 4.98. The maximum Gasteiger partial charge on any atom is 0.400 e. The van der Waals surface area contributed by atoms with Gasteiger partial charge in [0, 0.05) is 31.3 Å². The van der Waals surface area contributed by atoms with E-state index in [0.29, 0.717) is 40.5 Å². The lowest BCUT2D eigenvalue weighted by Crippen LogP contribution is -2.51. The maximum absolute atomic E-state index is 13.0. The minimum atomic E-state index is -5.56. The molecule has 2 aromatic rings. The highest BCUT2D eigenvalue weighted by molar-refractivity contribution is 6.33. The van der Waals surface area contributed by atoms with Gasteiger partial charge in [-0.2, -0.15) is 31.6 Å². The van der Waals surface area contributed by atoms with Gasteiger partial charge in [0.15, 0.2) is 5.92 Å². The van der Waals surface area contributed by atoms with Crippen molar-refractivity contribution < 1.29 is 35.9 Å². The molecule has 2 atom stereocenters. The number of alkyl halides is 6. The second-order valence-electron chi connectivity index (χ2n) is 9.32. The van der Waals surface area contributed by atoms with Crippen LogP contribution in [-0.2, 0) is 4.79 Å². The predicted molar refractivity (Wildman–Crippen MR) is 124 cm³/mol. The first-order valence-electron chi connectivity index (χ1n) is 11.7. The zero-order chi connectivity index (χ0) is 27.8. The number of nitrogens with zero attached hydrogens (tertiary/aromatic N) is 4. The highest BCUT2D eigenvalue weighted by Gasteiger charge is 2.58. The number of hydrogen-bond donors (Lipinski definition) is 1. The Labute approximate surface area is 218 Å². The number of hydrogen-bond acceptors (Lipinski definition) is 6. The number of amides is 1. The lowest BCUT2D eigenvalue weighted by atomic mass is 9.96. The summed E-state index contributed by atoms with van der Waals surface area (Å²) < 4.78 is 83.9. The van der Waals surface area contributed by atoms with Gasteiger partial charge in [-0.1, -0.05) is 11.6 Å². The fraction of sp³-hybridized carbons (Fsp3) is 0.500. The molecule has 0 radical (unpaired) electrons. The molecular weight excluding hydrogens is 540 g/mol. The standard InChI is InChI=1S/C24H22ClF6N5O2/c1-12-21(35-18-5-2-13(10-32)6-17(18)25)33-11-34-22(12)38-16-7-14-3-4-15(8-16)36(14)20(37)9-19(23(26,27)28)24(29,30)31/h2,5-6,11,14-16,19H,3-4,7-9H2,1H3,(H,33,34,35). The van der Waals surface area contributed by atoms with Crippen molar-refractivity contribution in [3.8, 4) is 11.9 Å². The number of anilines is 2. The molecule has 2 bridgehead atoms. The van der Waals surface area contributed by atoms with Gasteiger partial charge in [0.25, 0.3) is 0 Å². The van der Waals surface area contributed by atoms with Crippen LogP contribution in [-0.4, -0.2) is 51.3 Å². The number of fused-ring (bicyclic) bond motifs is 2. The molecule has 4 rings (SSSR count). The lowest BCUT2D eigenvalue weighted by molar-refractivity contribution is -0.285. The number of nitriles is 1. The molecule has 0 aliphatic carbocycles. The summed E-state index contributed by atoms with van der Waals surface area (Å²) in [6, 6.07) is 5.64. The third kappa shape index (κ3) is 5.90. The molecule has 1 N–H and O–H groups in total. The molecule has 38 heavy (non-hydrogen) atoms. The Morgan fingerprint density at radius 1 is 1.18 bits per heavy atom. The summed E-state index contributed by atoms with van der Waals surface area (Å²) >= 11 is 6.22. The van der Waals surface area contributed by atoms with E-state index in [0.717, 1.165) is 0 Å². The number of ether oxygens (including phenoxy) is 1. The van der Waals surface area contributed by atoms with Crippen molar-refractivity contribution in [2.24, 2.45) is 5.92 Å². The van der Waals surface area contributed by atoms with E-state index in [9.17, 15) is 31.1 Å². The Hall–Kier alpha value is -3.27. The van der Waals surface area contributed by atoms with Crippen molar-refractivity contribution in [1.29, 1.82) is 5.26 Å². The van der Waals surface area contributed by atoms with Gasteiger partial charge >= 0.3 is 12.4 Å². The summed E-state index contributed by atoms with van der Waals surface area (Å²) in [5.74, 6) is -4.22. The number of nitrogens with one attached hydrogen (secondary N) is 1. The first-order valence-corrected chi connectivity index (χ1v) is 12.0. The first kappa shape index (κ1) is 27.8.